The lowest BCUT2D eigenvalue weighted by atomic mass is 9.88. The summed E-state index contributed by atoms with van der Waals surface area (Å²) in [4.78, 5) is 24.8. The van der Waals surface area contributed by atoms with E-state index in [-0.39, 0.29) is 23.4 Å². The molecule has 2 rings (SSSR count). The van der Waals surface area contributed by atoms with Gasteiger partial charge in [0.2, 0.25) is 5.78 Å². The lowest BCUT2D eigenvalue weighted by Crippen LogP contribution is -3.16. The van der Waals surface area contributed by atoms with Crippen molar-refractivity contribution < 1.29 is 19.4 Å². The maximum atomic E-state index is 12.1. The van der Waals surface area contributed by atoms with Gasteiger partial charge in [-0.2, -0.15) is 0 Å². The zero-order valence-corrected chi connectivity index (χ0v) is 10.6. The Bertz CT molecular complexity index is 455. The van der Waals surface area contributed by atoms with Crippen LogP contribution in [0.1, 0.15) is 13.8 Å². The second-order valence-corrected chi connectivity index (χ2v) is 4.56. The van der Waals surface area contributed by atoms with Crippen LogP contribution in [-0.2, 0) is 9.53 Å². The second kappa shape index (κ2) is 4.55. The minimum atomic E-state index is -0.621. The highest BCUT2D eigenvalue weighted by atomic mass is 16.5. The molecule has 6 heteroatoms. The molecule has 0 aromatic heterocycles. The maximum Gasteiger partial charge on any atom is 0.413 e. The van der Waals surface area contributed by atoms with Gasteiger partial charge in [0, 0.05) is 17.3 Å². The number of Topliss-reactive ketones (excluding diaryl/α,β-unsaturated/α-hetero) is 1. The van der Waals surface area contributed by atoms with Crippen LogP contribution in [0.5, 0.6) is 0 Å². The summed E-state index contributed by atoms with van der Waals surface area (Å²) >= 11 is 0. The molecule has 0 radical (unpaired) electrons. The van der Waals surface area contributed by atoms with Crippen LogP contribution in [0.4, 0.5) is 4.79 Å². The van der Waals surface area contributed by atoms with Crippen molar-refractivity contribution in [2.45, 2.75) is 25.9 Å². The van der Waals surface area contributed by atoms with Crippen molar-refractivity contribution in [3.8, 4) is 0 Å². The van der Waals surface area contributed by atoms with E-state index in [1.54, 1.807) is 26.1 Å². The Morgan fingerprint density at radius 2 is 2.17 bits per heavy atom. The van der Waals surface area contributed by atoms with Gasteiger partial charge in [0.05, 0.1) is 13.7 Å². The van der Waals surface area contributed by atoms with Crippen LogP contribution < -0.4 is 5.06 Å². The van der Waals surface area contributed by atoms with Gasteiger partial charge in [-0.3, -0.25) is 9.69 Å². The van der Waals surface area contributed by atoms with Crippen molar-refractivity contribution in [3.63, 3.8) is 0 Å². The zero-order chi connectivity index (χ0) is 13.4. The average Bonchev–Trinajstić information content (AvgIpc) is 2.41. The van der Waals surface area contributed by atoms with Gasteiger partial charge >= 0.3 is 6.09 Å². The molecule has 98 valence electrons. The number of hydrogen-bond donors (Lipinski definition) is 1. The second-order valence-electron chi connectivity index (χ2n) is 4.56. The summed E-state index contributed by atoms with van der Waals surface area (Å²) in [6.07, 6.45) is 2.70. The summed E-state index contributed by atoms with van der Waals surface area (Å²) in [5.74, 6) is -0.189. The third-order valence-corrected chi connectivity index (χ3v) is 3.53. The molecular weight excluding hydrogens is 236 g/mol. The van der Waals surface area contributed by atoms with E-state index in [0.717, 1.165) is 5.57 Å². The van der Waals surface area contributed by atoms with Crippen LogP contribution in [0.25, 0.3) is 0 Å². The fourth-order valence-electron chi connectivity index (χ4n) is 2.37. The third kappa shape index (κ3) is 1.83. The summed E-state index contributed by atoms with van der Waals surface area (Å²) < 4.78 is 4.61. The Morgan fingerprint density at radius 1 is 1.50 bits per heavy atom. The molecule has 0 fully saturated rings. The van der Waals surface area contributed by atoms with Crippen molar-refractivity contribution in [3.05, 3.63) is 28.6 Å². The smallest absolute Gasteiger partial charge is 0.413 e. The summed E-state index contributed by atoms with van der Waals surface area (Å²) in [5.41, 5.74) is 1.27. The van der Waals surface area contributed by atoms with Crippen LogP contribution >= 0.6 is 0 Å². The molecule has 0 aromatic carbocycles. The van der Waals surface area contributed by atoms with Crippen LogP contribution in [0, 0.1) is 5.21 Å². The van der Waals surface area contributed by atoms with E-state index in [1.807, 2.05) is 0 Å². The molecule has 2 heterocycles. The van der Waals surface area contributed by atoms with Gasteiger partial charge in [-0.05, 0) is 19.9 Å². The number of amides is 1. The summed E-state index contributed by atoms with van der Waals surface area (Å²) in [5, 5.41) is 11.8. The van der Waals surface area contributed by atoms with Crippen LogP contribution in [0.15, 0.2) is 23.4 Å². The molecule has 0 aromatic rings. The number of ether oxygens (including phenoxy) is 1. The summed E-state index contributed by atoms with van der Waals surface area (Å²) in [6.45, 7) is 3.59. The van der Waals surface area contributed by atoms with Gasteiger partial charge in [0.25, 0.3) is 0 Å². The summed E-state index contributed by atoms with van der Waals surface area (Å²) in [6, 6.07) is -0.909. The molecule has 18 heavy (non-hydrogen) atoms. The molecule has 0 bridgehead atoms. The highest BCUT2D eigenvalue weighted by Gasteiger charge is 2.38. The van der Waals surface area contributed by atoms with E-state index in [1.165, 1.54) is 12.0 Å². The number of ketones is 1. The maximum absolute atomic E-state index is 12.1. The van der Waals surface area contributed by atoms with Crippen molar-refractivity contribution >= 4 is 11.9 Å². The molecule has 2 aliphatic heterocycles. The predicted octanol–water partition coefficient (Wildman–Crippen LogP) is -0.379. The van der Waals surface area contributed by atoms with Crippen LogP contribution in [0.3, 0.4) is 0 Å². The molecule has 3 atom stereocenters. The van der Waals surface area contributed by atoms with Crippen molar-refractivity contribution in [1.29, 1.82) is 0 Å². The molecular formula is C12H16N2O4. The Labute approximate surface area is 105 Å². The van der Waals surface area contributed by atoms with E-state index >= 15 is 0 Å². The number of quaternary nitrogens is 1. The molecule has 6 nitrogen and oxygen atoms in total. The molecule has 0 aliphatic carbocycles. The minimum absolute atomic E-state index is 0.0603. The van der Waals surface area contributed by atoms with E-state index in [0.29, 0.717) is 5.57 Å². The Balaban J connectivity index is 2.33. The highest BCUT2D eigenvalue weighted by Crippen LogP contribution is 2.22. The monoisotopic (exact) mass is 252 g/mol. The number of hydroxylamine groups is 2. The first-order valence-corrected chi connectivity index (χ1v) is 5.81. The number of hydrogen-bond acceptors (Lipinski definition) is 4. The first-order valence-electron chi connectivity index (χ1n) is 5.81. The zero-order valence-electron chi connectivity index (χ0n) is 10.6. The Kier molecular flexibility index (Phi) is 3.23. The standard InChI is InChI=1S/C12H16N2O4/c1-7-9-4-5-13(12(16)18-3)6-10(9)11(15)8(2)14(7)17/h4-5,7-8,14H,6H2,1-3H3. The van der Waals surface area contributed by atoms with Gasteiger partial charge in [-0.1, -0.05) is 0 Å². The van der Waals surface area contributed by atoms with Crippen molar-refractivity contribution in [1.82, 2.24) is 4.90 Å². The quantitative estimate of drug-likeness (QED) is 0.596. The minimum Gasteiger partial charge on any atom is -0.633 e. The molecule has 1 N–H and O–H groups in total. The first kappa shape index (κ1) is 12.8. The molecule has 0 saturated heterocycles. The van der Waals surface area contributed by atoms with E-state index < -0.39 is 12.1 Å². The fourth-order valence-corrected chi connectivity index (χ4v) is 2.37. The highest BCUT2D eigenvalue weighted by molar-refractivity contribution is 6.01. The fraction of sp³-hybridized carbons (Fsp3) is 0.500. The SMILES string of the molecule is COC(=O)N1C=CC2=C(C1)C(=O)C(C)[NH+]([O-])C2C. The molecule has 0 spiro atoms. The molecule has 1 amide bonds. The number of carbonyl (C=O) groups excluding carboxylic acids is 2. The Hall–Kier alpha value is -1.66. The number of rotatable bonds is 0. The first-order chi connectivity index (χ1) is 8.47. The van der Waals surface area contributed by atoms with Crippen LogP contribution in [-0.4, -0.2) is 42.5 Å². The third-order valence-electron chi connectivity index (χ3n) is 3.53. The van der Waals surface area contributed by atoms with Crippen molar-refractivity contribution in [2.24, 2.45) is 0 Å². The van der Waals surface area contributed by atoms with Gasteiger partial charge in [-0.25, -0.2) is 4.79 Å². The number of methoxy groups -OCH3 is 1. The van der Waals surface area contributed by atoms with Gasteiger partial charge in [0.1, 0.15) is 12.1 Å². The van der Waals surface area contributed by atoms with Crippen LogP contribution in [0.2, 0.25) is 0 Å². The van der Waals surface area contributed by atoms with Gasteiger partial charge < -0.3 is 15.0 Å². The molecule has 0 saturated carbocycles. The van der Waals surface area contributed by atoms with Crippen molar-refractivity contribution in [2.75, 3.05) is 13.7 Å². The Morgan fingerprint density at radius 3 is 2.78 bits per heavy atom. The predicted molar refractivity (Wildman–Crippen MR) is 63.5 cm³/mol. The van der Waals surface area contributed by atoms with E-state index in [2.05, 4.69) is 4.74 Å². The summed E-state index contributed by atoms with van der Waals surface area (Å²) in [7, 11) is 1.29. The van der Waals surface area contributed by atoms with Gasteiger partial charge in [-0.15, -0.1) is 0 Å². The molecule has 2 aliphatic rings. The van der Waals surface area contributed by atoms with E-state index in [9.17, 15) is 14.8 Å². The lowest BCUT2D eigenvalue weighted by Gasteiger charge is -2.41. The lowest BCUT2D eigenvalue weighted by molar-refractivity contribution is -0.882. The van der Waals surface area contributed by atoms with Gasteiger partial charge in [0.15, 0.2) is 0 Å². The average molecular weight is 252 g/mol. The molecule has 3 unspecified atom stereocenters. The number of carbonyl (C=O) groups is 2. The normalized spacial score (nSPS) is 31.4. The largest absolute Gasteiger partial charge is 0.633 e. The van der Waals surface area contributed by atoms with E-state index in [4.69, 9.17) is 0 Å². The topological polar surface area (TPSA) is 74.1 Å². The number of nitrogens with one attached hydrogen (secondary N) is 1. The number of nitrogens with zero attached hydrogens (tertiary/aromatic N) is 1.